The zero-order valence-electron chi connectivity index (χ0n) is 20.6. The van der Waals surface area contributed by atoms with Crippen LogP contribution in [-0.4, -0.2) is 29.7 Å². The number of alkyl halides is 6. The van der Waals surface area contributed by atoms with Crippen molar-refractivity contribution in [1.29, 1.82) is 0 Å². The molecule has 0 unspecified atom stereocenters. The molecule has 0 aliphatic rings. The van der Waals surface area contributed by atoms with Gasteiger partial charge in [-0.2, -0.15) is 68.3 Å². The Morgan fingerprint density at radius 1 is 0.821 bits per heavy atom. The summed E-state index contributed by atoms with van der Waals surface area (Å²) in [6, 6.07) is 23.4. The topological polar surface area (TPSA) is 57.2 Å². The van der Waals surface area contributed by atoms with Gasteiger partial charge in [0.2, 0.25) is 0 Å². The van der Waals surface area contributed by atoms with Crippen molar-refractivity contribution in [1.82, 2.24) is 15.6 Å². The van der Waals surface area contributed by atoms with Gasteiger partial charge in [0.05, 0.1) is 17.4 Å². The van der Waals surface area contributed by atoms with Crippen LogP contribution in [0.3, 0.4) is 0 Å². The third-order valence-electron chi connectivity index (χ3n) is 5.46. The number of hydrogen-bond acceptors (Lipinski definition) is 4. The van der Waals surface area contributed by atoms with E-state index in [0.717, 1.165) is 35.9 Å². The Labute approximate surface area is 233 Å². The van der Waals surface area contributed by atoms with Crippen LogP contribution in [-0.2, 0) is 36.0 Å². The van der Waals surface area contributed by atoms with Crippen LogP contribution >= 0.6 is 0 Å². The van der Waals surface area contributed by atoms with Gasteiger partial charge in [-0.25, -0.2) is 23.2 Å². The summed E-state index contributed by atoms with van der Waals surface area (Å²) >= 11 is 0. The van der Waals surface area contributed by atoms with Crippen molar-refractivity contribution in [2.45, 2.75) is 25.0 Å². The molecule has 0 bridgehead atoms. The van der Waals surface area contributed by atoms with E-state index < -0.39 is 29.7 Å². The Morgan fingerprint density at radius 2 is 1.49 bits per heavy atom. The van der Waals surface area contributed by atoms with E-state index in [-0.39, 0.29) is 40.4 Å². The molecule has 4 aromatic rings. The number of benzene rings is 1. The summed E-state index contributed by atoms with van der Waals surface area (Å²) in [6.07, 6.45) is -10.6. The van der Waals surface area contributed by atoms with Crippen molar-refractivity contribution in [3.63, 3.8) is 0 Å². The van der Waals surface area contributed by atoms with E-state index in [0.29, 0.717) is 19.6 Å². The molecule has 39 heavy (non-hydrogen) atoms. The predicted octanol–water partition coefficient (Wildman–Crippen LogP) is 6.32. The number of halogens is 6. The summed E-state index contributed by atoms with van der Waals surface area (Å²) in [6.45, 7) is 1.72. The Balaban J connectivity index is 0.000000797. The molecule has 1 atom stereocenters. The minimum absolute atomic E-state index is 0. The van der Waals surface area contributed by atoms with Gasteiger partial charge in [0.1, 0.15) is 5.69 Å². The third-order valence-corrected chi connectivity index (χ3v) is 5.46. The monoisotopic (exact) mass is 591 g/mol. The van der Waals surface area contributed by atoms with Gasteiger partial charge in [-0.15, -0.1) is 0 Å². The first-order chi connectivity index (χ1) is 18.0. The van der Waals surface area contributed by atoms with Gasteiger partial charge in [-0.1, -0.05) is 12.1 Å². The van der Waals surface area contributed by atoms with Crippen LogP contribution in [0.25, 0.3) is 11.3 Å². The van der Waals surface area contributed by atoms with Crippen LogP contribution in [0.2, 0.25) is 0 Å². The fraction of sp³-hybridized carbons (Fsp3) is 0.250. The standard InChI is InChI=1S/C23H22F6N3O.C5H5.Fe/c24-22(25,26)18-7-5-16(6-8-18)19-11-17(12-21(32-19)23(27,28)29)20(33)14-31-10-9-30-13-15-3-1-2-4-15;1-2-4-5-3-1;/h1-8,11-12,20,30-31,33H,9-10,13-14H2;1-5H;/q2*-1;+2/t20-;;/m1../s1. The fourth-order valence-corrected chi connectivity index (χ4v) is 3.49. The SMILES string of the molecule is O[C@H](CNCCNCc1cc[cH-]c1)c1cc(-c2ccc(C(F)(F)F)cc2)nc(C(F)(F)F)c1.[Fe+2].c1cc[cH-]c1. The molecule has 3 aromatic carbocycles. The second-order valence-electron chi connectivity index (χ2n) is 8.40. The Kier molecular flexibility index (Phi) is 12.4. The Hall–Kier alpha value is -2.95. The van der Waals surface area contributed by atoms with Crippen molar-refractivity contribution in [2.75, 3.05) is 19.6 Å². The Bertz CT molecular complexity index is 1190. The van der Waals surface area contributed by atoms with Gasteiger partial charge in [0.25, 0.3) is 0 Å². The van der Waals surface area contributed by atoms with E-state index in [4.69, 9.17) is 0 Å². The van der Waals surface area contributed by atoms with Gasteiger partial charge in [0, 0.05) is 25.2 Å². The molecule has 0 fully saturated rings. The van der Waals surface area contributed by atoms with Gasteiger partial charge < -0.3 is 15.7 Å². The van der Waals surface area contributed by atoms with Gasteiger partial charge in [-0.3, -0.25) is 0 Å². The number of rotatable bonds is 9. The first kappa shape index (κ1) is 32.3. The number of aliphatic hydroxyl groups excluding tert-OH is 1. The van der Waals surface area contributed by atoms with E-state index in [1.54, 1.807) is 0 Å². The van der Waals surface area contributed by atoms with Crippen molar-refractivity contribution < 1.29 is 48.5 Å². The average molecular weight is 591 g/mol. The van der Waals surface area contributed by atoms with E-state index in [1.165, 1.54) is 6.07 Å². The maximum Gasteiger partial charge on any atom is 2.00 e. The van der Waals surface area contributed by atoms with Gasteiger partial charge in [-0.05, 0) is 36.4 Å². The maximum absolute atomic E-state index is 13.3. The summed E-state index contributed by atoms with van der Waals surface area (Å²) in [4.78, 5) is 3.55. The zero-order chi connectivity index (χ0) is 27.6. The summed E-state index contributed by atoms with van der Waals surface area (Å²) in [5, 5.41) is 16.6. The smallest absolute Gasteiger partial charge is 0.387 e. The first-order valence-electron chi connectivity index (χ1n) is 11.8. The van der Waals surface area contributed by atoms with Crippen molar-refractivity contribution in [2.24, 2.45) is 0 Å². The molecule has 0 saturated heterocycles. The van der Waals surface area contributed by atoms with E-state index in [9.17, 15) is 31.4 Å². The van der Waals surface area contributed by atoms with E-state index in [1.807, 2.05) is 54.6 Å². The fourth-order valence-electron chi connectivity index (χ4n) is 3.49. The molecule has 1 heterocycles. The molecule has 4 rings (SSSR count). The quantitative estimate of drug-likeness (QED) is 0.0924. The van der Waals surface area contributed by atoms with E-state index in [2.05, 4.69) is 15.6 Å². The van der Waals surface area contributed by atoms with E-state index >= 15 is 0 Å². The molecule has 11 heteroatoms. The second-order valence-corrected chi connectivity index (χ2v) is 8.40. The predicted molar refractivity (Wildman–Crippen MR) is 133 cm³/mol. The molecule has 0 spiro atoms. The molecule has 0 aliphatic carbocycles. The molecule has 1 aromatic heterocycles. The van der Waals surface area contributed by atoms with Crippen LogP contribution in [0.1, 0.15) is 28.5 Å². The minimum Gasteiger partial charge on any atom is -0.387 e. The number of nitrogens with one attached hydrogen (secondary N) is 2. The van der Waals surface area contributed by atoms with Crippen molar-refractivity contribution in [3.05, 3.63) is 113 Å². The second kappa shape index (κ2) is 15.0. The average Bonchev–Trinajstić information content (AvgIpc) is 3.62. The van der Waals surface area contributed by atoms with Crippen LogP contribution in [0.5, 0.6) is 0 Å². The first-order valence-corrected chi connectivity index (χ1v) is 11.8. The molecule has 0 amide bonds. The zero-order valence-corrected chi connectivity index (χ0v) is 21.7. The molecule has 210 valence electrons. The molecular weight excluding hydrogens is 564 g/mol. The summed E-state index contributed by atoms with van der Waals surface area (Å²) in [5.74, 6) is 0. The molecule has 3 N–H and O–H groups in total. The van der Waals surface area contributed by atoms with Gasteiger partial charge in [0.15, 0.2) is 0 Å². The van der Waals surface area contributed by atoms with Crippen LogP contribution in [0.4, 0.5) is 26.3 Å². The normalized spacial score (nSPS) is 12.3. The molecule has 0 saturated carbocycles. The van der Waals surface area contributed by atoms with Crippen LogP contribution in [0, 0.1) is 0 Å². The number of hydrogen-bond donors (Lipinski definition) is 3. The third kappa shape index (κ3) is 10.6. The van der Waals surface area contributed by atoms with Crippen LogP contribution < -0.4 is 10.6 Å². The number of nitrogens with zero attached hydrogens (tertiary/aromatic N) is 1. The molecule has 4 nitrogen and oxygen atoms in total. The maximum atomic E-state index is 13.3. The summed E-state index contributed by atoms with van der Waals surface area (Å²) in [5.41, 5.74) is -1.16. The van der Waals surface area contributed by atoms with Crippen molar-refractivity contribution >= 4 is 0 Å². The number of aromatic nitrogens is 1. The largest absolute Gasteiger partial charge is 2.00 e. The minimum atomic E-state index is -4.78. The molecule has 0 aliphatic heterocycles. The van der Waals surface area contributed by atoms with Crippen LogP contribution in [0.15, 0.2) is 91.0 Å². The summed E-state index contributed by atoms with van der Waals surface area (Å²) in [7, 11) is 0. The Morgan fingerprint density at radius 3 is 2.03 bits per heavy atom. The summed E-state index contributed by atoms with van der Waals surface area (Å²) < 4.78 is 78.3. The van der Waals surface area contributed by atoms with Gasteiger partial charge >= 0.3 is 29.4 Å². The molecular formula is C28H27F6FeN3O. The number of aliphatic hydroxyl groups is 1. The number of pyridine rings is 1. The van der Waals surface area contributed by atoms with Crippen molar-refractivity contribution in [3.8, 4) is 11.3 Å². The molecule has 0 radical (unpaired) electrons.